The minimum atomic E-state index is -0.263. The summed E-state index contributed by atoms with van der Waals surface area (Å²) in [5, 5.41) is 8.31. The number of halogens is 1. The predicted molar refractivity (Wildman–Crippen MR) is 106 cm³/mol. The molecule has 26 heavy (non-hydrogen) atoms. The monoisotopic (exact) mass is 367 g/mol. The summed E-state index contributed by atoms with van der Waals surface area (Å²) in [5.74, 6) is 0. The molecule has 0 atom stereocenters. The normalized spacial score (nSPS) is 12.6. The Balaban J connectivity index is 2.18. The summed E-state index contributed by atoms with van der Waals surface area (Å²) < 4.78 is 0. The first-order chi connectivity index (χ1) is 12.6. The van der Waals surface area contributed by atoms with Gasteiger partial charge in [0.2, 0.25) is 0 Å². The number of aromatic nitrogens is 2. The molecule has 0 aliphatic rings. The van der Waals surface area contributed by atoms with E-state index in [0.717, 1.165) is 16.7 Å². The maximum Gasteiger partial charge on any atom is 0.272 e. The zero-order valence-electron chi connectivity index (χ0n) is 14.2. The lowest BCUT2D eigenvalue weighted by molar-refractivity contribution is 0.900. The van der Waals surface area contributed by atoms with Crippen molar-refractivity contribution >= 4 is 33.7 Å². The number of H-pyrrole nitrogens is 1. The summed E-state index contributed by atoms with van der Waals surface area (Å²) in [5.41, 5.74) is 15.1. The van der Waals surface area contributed by atoms with Gasteiger partial charge in [-0.1, -0.05) is 29.8 Å². The molecule has 3 aromatic rings. The maximum absolute atomic E-state index is 12.0. The van der Waals surface area contributed by atoms with E-state index in [1.807, 2.05) is 30.3 Å². The van der Waals surface area contributed by atoms with Gasteiger partial charge < -0.3 is 11.5 Å². The van der Waals surface area contributed by atoms with Gasteiger partial charge in [0.1, 0.15) is 0 Å². The number of nitrogens with one attached hydrogen (secondary N) is 1. The third-order valence-corrected chi connectivity index (χ3v) is 4.35. The Hall–Kier alpha value is -2.96. The van der Waals surface area contributed by atoms with E-state index in [9.17, 15) is 4.79 Å². The Bertz CT molecular complexity index is 1080. The van der Waals surface area contributed by atoms with Gasteiger partial charge in [-0.25, -0.2) is 5.10 Å². The third-order valence-electron chi connectivity index (χ3n) is 4.12. The summed E-state index contributed by atoms with van der Waals surface area (Å²) >= 11 is 6.11. The van der Waals surface area contributed by atoms with Crippen molar-refractivity contribution in [3.8, 4) is 0 Å². The molecular formula is C19H18ClN5O. The SMILES string of the molecule is CN=C(/C(=C\N)c1ccc2c(=O)[nH]nc(CN)c2c1)c1cccc(Cl)c1. The average Bonchev–Trinajstić information content (AvgIpc) is 2.66. The molecule has 0 amide bonds. The van der Waals surface area contributed by atoms with E-state index in [-0.39, 0.29) is 12.1 Å². The molecule has 3 rings (SSSR count). The molecule has 2 aromatic carbocycles. The molecule has 0 bridgehead atoms. The van der Waals surface area contributed by atoms with E-state index < -0.39 is 0 Å². The van der Waals surface area contributed by atoms with Crippen LogP contribution in [0.25, 0.3) is 16.3 Å². The van der Waals surface area contributed by atoms with Gasteiger partial charge in [0.25, 0.3) is 5.56 Å². The molecule has 0 spiro atoms. The lowest BCUT2D eigenvalue weighted by Gasteiger charge is -2.13. The largest absolute Gasteiger partial charge is 0.404 e. The van der Waals surface area contributed by atoms with Crippen LogP contribution in [0.1, 0.15) is 16.8 Å². The van der Waals surface area contributed by atoms with E-state index in [4.69, 9.17) is 23.1 Å². The molecule has 0 fully saturated rings. The number of hydrogen-bond acceptors (Lipinski definition) is 5. The van der Waals surface area contributed by atoms with Crippen molar-refractivity contribution in [2.45, 2.75) is 6.54 Å². The van der Waals surface area contributed by atoms with Gasteiger partial charge in [-0.15, -0.1) is 0 Å². The highest BCUT2D eigenvalue weighted by Gasteiger charge is 2.14. The summed E-state index contributed by atoms with van der Waals surface area (Å²) in [4.78, 5) is 16.4. The quantitative estimate of drug-likeness (QED) is 0.615. The zero-order chi connectivity index (χ0) is 18.7. The molecule has 0 aliphatic carbocycles. The fraction of sp³-hybridized carbons (Fsp3) is 0.105. The highest BCUT2D eigenvalue weighted by atomic mass is 35.5. The Labute approximate surface area is 155 Å². The molecule has 1 aromatic heterocycles. The molecule has 1 heterocycles. The Morgan fingerprint density at radius 1 is 1.23 bits per heavy atom. The molecule has 0 saturated heterocycles. The zero-order valence-corrected chi connectivity index (χ0v) is 14.9. The number of fused-ring (bicyclic) bond motifs is 1. The summed E-state index contributed by atoms with van der Waals surface area (Å²) in [6.07, 6.45) is 1.49. The topological polar surface area (TPSA) is 110 Å². The smallest absolute Gasteiger partial charge is 0.272 e. The molecule has 0 saturated carbocycles. The van der Waals surface area contributed by atoms with E-state index in [2.05, 4.69) is 15.2 Å². The minimum Gasteiger partial charge on any atom is -0.404 e. The first-order valence-corrected chi connectivity index (χ1v) is 8.33. The number of rotatable bonds is 4. The number of benzene rings is 2. The number of nitrogens with zero attached hydrogens (tertiary/aromatic N) is 2. The highest BCUT2D eigenvalue weighted by molar-refractivity contribution is 6.34. The molecule has 0 aliphatic heterocycles. The number of hydrogen-bond donors (Lipinski definition) is 3. The van der Waals surface area contributed by atoms with Gasteiger partial charge in [0.05, 0.1) is 16.8 Å². The predicted octanol–water partition coefficient (Wildman–Crippen LogP) is 2.45. The number of aromatic amines is 1. The molecule has 7 heteroatoms. The molecule has 0 unspecified atom stereocenters. The van der Waals surface area contributed by atoms with Crippen LogP contribution in [0.4, 0.5) is 0 Å². The summed E-state index contributed by atoms with van der Waals surface area (Å²) in [6.45, 7) is 0.210. The van der Waals surface area contributed by atoms with Gasteiger partial charge in [-0.3, -0.25) is 9.79 Å². The first kappa shape index (κ1) is 17.8. The van der Waals surface area contributed by atoms with E-state index in [1.165, 1.54) is 6.20 Å². The van der Waals surface area contributed by atoms with Crippen LogP contribution < -0.4 is 17.0 Å². The number of nitrogens with two attached hydrogens (primary N) is 2. The van der Waals surface area contributed by atoms with Gasteiger partial charge in [-0.05, 0) is 29.8 Å². The fourth-order valence-corrected chi connectivity index (χ4v) is 3.09. The van der Waals surface area contributed by atoms with Crippen molar-refractivity contribution in [3.05, 3.63) is 80.9 Å². The van der Waals surface area contributed by atoms with Crippen molar-refractivity contribution in [2.75, 3.05) is 7.05 Å². The second-order valence-electron chi connectivity index (χ2n) is 5.63. The van der Waals surface area contributed by atoms with E-state index >= 15 is 0 Å². The number of aliphatic imine (C=N–C) groups is 1. The van der Waals surface area contributed by atoms with Crippen LogP contribution in [0, 0.1) is 0 Å². The van der Waals surface area contributed by atoms with E-state index in [0.29, 0.717) is 27.2 Å². The van der Waals surface area contributed by atoms with Crippen molar-refractivity contribution in [3.63, 3.8) is 0 Å². The fourth-order valence-electron chi connectivity index (χ4n) is 2.90. The van der Waals surface area contributed by atoms with Gasteiger partial charge in [0.15, 0.2) is 0 Å². The van der Waals surface area contributed by atoms with Crippen molar-refractivity contribution in [1.82, 2.24) is 10.2 Å². The van der Waals surface area contributed by atoms with Crippen LogP contribution in [0.15, 0.2) is 58.5 Å². The minimum absolute atomic E-state index is 0.210. The first-order valence-electron chi connectivity index (χ1n) is 7.95. The van der Waals surface area contributed by atoms with Crippen molar-refractivity contribution in [2.24, 2.45) is 16.5 Å². The molecule has 5 N–H and O–H groups in total. The van der Waals surface area contributed by atoms with Crippen LogP contribution in [-0.4, -0.2) is 23.0 Å². The lowest BCUT2D eigenvalue weighted by Crippen LogP contribution is -2.14. The third kappa shape index (κ3) is 3.24. The van der Waals surface area contributed by atoms with Crippen molar-refractivity contribution in [1.29, 1.82) is 0 Å². The Kier molecular flexibility index (Phi) is 5.16. The Morgan fingerprint density at radius 2 is 2.04 bits per heavy atom. The molecule has 6 nitrogen and oxygen atoms in total. The molecular weight excluding hydrogens is 350 g/mol. The second-order valence-corrected chi connectivity index (χ2v) is 6.06. The van der Waals surface area contributed by atoms with Crippen LogP contribution in [0.2, 0.25) is 5.02 Å². The average molecular weight is 368 g/mol. The van der Waals surface area contributed by atoms with Crippen LogP contribution >= 0.6 is 11.6 Å². The Morgan fingerprint density at radius 3 is 2.69 bits per heavy atom. The second kappa shape index (κ2) is 7.51. The van der Waals surface area contributed by atoms with Crippen LogP contribution in [-0.2, 0) is 6.54 Å². The molecule has 0 radical (unpaired) electrons. The number of allylic oxidation sites excluding steroid dienone is 1. The lowest BCUT2D eigenvalue weighted by atomic mass is 9.94. The van der Waals surface area contributed by atoms with Crippen molar-refractivity contribution < 1.29 is 0 Å². The molecule has 132 valence electrons. The van der Waals surface area contributed by atoms with Gasteiger partial charge in [0, 0.05) is 41.3 Å². The van der Waals surface area contributed by atoms with Crippen LogP contribution in [0.5, 0.6) is 0 Å². The standard InChI is InChI=1S/C19H18ClN5O/c1-23-18(12-3-2-4-13(20)7-12)16(9-21)11-5-6-14-15(8-11)17(10-22)24-25-19(14)26/h2-9H,10,21-22H2,1H3,(H,25,26)/b16-9-,23-18?. The van der Waals surface area contributed by atoms with Gasteiger partial charge >= 0.3 is 0 Å². The summed E-state index contributed by atoms with van der Waals surface area (Å²) in [7, 11) is 1.69. The summed E-state index contributed by atoms with van der Waals surface area (Å²) in [6, 6.07) is 12.8. The van der Waals surface area contributed by atoms with Crippen LogP contribution in [0.3, 0.4) is 0 Å². The van der Waals surface area contributed by atoms with E-state index in [1.54, 1.807) is 19.2 Å². The maximum atomic E-state index is 12.0. The highest BCUT2D eigenvalue weighted by Crippen LogP contribution is 2.25. The van der Waals surface area contributed by atoms with Gasteiger partial charge in [-0.2, -0.15) is 5.10 Å².